The second-order valence-electron chi connectivity index (χ2n) is 6.69. The summed E-state index contributed by atoms with van der Waals surface area (Å²) in [5.41, 5.74) is 1.51. The lowest BCUT2D eigenvalue weighted by Gasteiger charge is -2.10. The molecule has 2 aromatic heterocycles. The van der Waals surface area contributed by atoms with Gasteiger partial charge in [-0.2, -0.15) is 4.98 Å². The summed E-state index contributed by atoms with van der Waals surface area (Å²) in [6.45, 7) is 5.40. The summed E-state index contributed by atoms with van der Waals surface area (Å²) in [5.74, 6) is -0.814. The number of hydrogen-bond acceptors (Lipinski definition) is 7. The normalized spacial score (nSPS) is 11.7. The van der Waals surface area contributed by atoms with E-state index in [0.29, 0.717) is 0 Å². The van der Waals surface area contributed by atoms with Crippen molar-refractivity contribution in [2.75, 3.05) is 0 Å². The number of rotatable bonds is 6. The standard InChI is InChI=1S/C20H21N3O5S/c1-12(2)28-11-17-22-19(24)18(20(25)23-17)29(26,27)15-8-6-14(7-9-15)16-5-4-10-21-13(16)3/h4-10,12H,11H2,1-3H3,(H2,22,23,24,25). The van der Waals surface area contributed by atoms with Crippen LogP contribution in [0.1, 0.15) is 25.4 Å². The number of ether oxygens (including phenoxy) is 1. The first-order valence-corrected chi connectivity index (χ1v) is 10.4. The molecule has 0 amide bonds. The third-order valence-corrected chi connectivity index (χ3v) is 6.01. The van der Waals surface area contributed by atoms with Crippen LogP contribution in [0.25, 0.3) is 11.1 Å². The molecule has 3 aromatic rings. The van der Waals surface area contributed by atoms with E-state index in [1.165, 1.54) is 12.1 Å². The number of aromatic amines is 1. The van der Waals surface area contributed by atoms with Crippen molar-refractivity contribution in [3.05, 3.63) is 64.5 Å². The lowest BCUT2D eigenvalue weighted by atomic mass is 10.1. The number of hydrogen-bond donors (Lipinski definition) is 2. The molecule has 152 valence electrons. The molecule has 0 spiro atoms. The zero-order valence-corrected chi connectivity index (χ0v) is 17.0. The topological polar surface area (TPSA) is 122 Å². The molecule has 0 saturated heterocycles. The van der Waals surface area contributed by atoms with Gasteiger partial charge in [0.1, 0.15) is 12.4 Å². The fourth-order valence-corrected chi connectivity index (χ4v) is 4.08. The lowest BCUT2D eigenvalue weighted by Crippen LogP contribution is -2.21. The molecule has 0 aliphatic carbocycles. The summed E-state index contributed by atoms with van der Waals surface area (Å²) in [6, 6.07) is 9.68. The number of aryl methyl sites for hydroxylation is 1. The van der Waals surface area contributed by atoms with E-state index in [4.69, 9.17) is 4.74 Å². The Morgan fingerprint density at radius 2 is 1.86 bits per heavy atom. The van der Waals surface area contributed by atoms with Crippen molar-refractivity contribution in [1.29, 1.82) is 0 Å². The van der Waals surface area contributed by atoms with Gasteiger partial charge in [0.05, 0.1) is 11.0 Å². The van der Waals surface area contributed by atoms with Crippen molar-refractivity contribution in [2.45, 2.75) is 43.3 Å². The van der Waals surface area contributed by atoms with Crippen LogP contribution in [0.15, 0.2) is 57.2 Å². The van der Waals surface area contributed by atoms with Gasteiger partial charge in [-0.3, -0.25) is 9.78 Å². The first-order valence-electron chi connectivity index (χ1n) is 8.91. The van der Waals surface area contributed by atoms with E-state index in [0.717, 1.165) is 16.8 Å². The monoisotopic (exact) mass is 415 g/mol. The summed E-state index contributed by atoms with van der Waals surface area (Å²) >= 11 is 0. The number of sulfone groups is 1. The van der Waals surface area contributed by atoms with Crippen LogP contribution in [-0.2, 0) is 21.2 Å². The predicted molar refractivity (Wildman–Crippen MR) is 106 cm³/mol. The lowest BCUT2D eigenvalue weighted by molar-refractivity contribution is 0.0606. The SMILES string of the molecule is Cc1ncccc1-c1ccc(S(=O)(=O)c2c(O)nc(COC(C)C)[nH]c2=O)cc1. The Kier molecular flexibility index (Phi) is 5.81. The van der Waals surface area contributed by atoms with Crippen molar-refractivity contribution in [2.24, 2.45) is 0 Å². The van der Waals surface area contributed by atoms with Crippen LogP contribution in [0.2, 0.25) is 0 Å². The number of nitrogens with zero attached hydrogens (tertiary/aromatic N) is 2. The van der Waals surface area contributed by atoms with E-state index in [1.807, 2.05) is 13.0 Å². The molecule has 3 rings (SSSR count). The predicted octanol–water partition coefficient (Wildman–Crippen LogP) is 2.60. The fraction of sp³-hybridized carbons (Fsp3) is 0.250. The number of nitrogens with one attached hydrogen (secondary N) is 1. The quantitative estimate of drug-likeness (QED) is 0.634. The minimum atomic E-state index is -4.27. The van der Waals surface area contributed by atoms with Crippen LogP contribution in [0.3, 0.4) is 0 Å². The van der Waals surface area contributed by atoms with E-state index < -0.39 is 26.2 Å². The molecule has 29 heavy (non-hydrogen) atoms. The molecule has 0 saturated carbocycles. The molecule has 0 aliphatic rings. The maximum Gasteiger partial charge on any atom is 0.274 e. The van der Waals surface area contributed by atoms with Crippen molar-refractivity contribution < 1.29 is 18.3 Å². The summed E-state index contributed by atoms with van der Waals surface area (Å²) in [4.78, 5) is 21.8. The number of aromatic nitrogens is 3. The van der Waals surface area contributed by atoms with Crippen LogP contribution < -0.4 is 5.56 Å². The molecule has 9 heteroatoms. The van der Waals surface area contributed by atoms with Gasteiger partial charge in [-0.1, -0.05) is 18.2 Å². The number of benzene rings is 1. The van der Waals surface area contributed by atoms with E-state index >= 15 is 0 Å². The molecular formula is C20H21N3O5S. The third kappa shape index (κ3) is 4.36. The maximum atomic E-state index is 12.9. The smallest absolute Gasteiger partial charge is 0.274 e. The van der Waals surface area contributed by atoms with Crippen LogP contribution in [0.5, 0.6) is 5.88 Å². The maximum absolute atomic E-state index is 12.9. The molecular weight excluding hydrogens is 394 g/mol. The molecule has 0 atom stereocenters. The summed E-state index contributed by atoms with van der Waals surface area (Å²) in [7, 11) is -4.27. The molecule has 2 N–H and O–H groups in total. The first-order chi connectivity index (χ1) is 13.7. The summed E-state index contributed by atoms with van der Waals surface area (Å²) in [6.07, 6.45) is 1.56. The molecule has 0 fully saturated rings. The van der Waals surface area contributed by atoms with Crippen LogP contribution in [0.4, 0.5) is 0 Å². The molecule has 8 nitrogen and oxygen atoms in total. The largest absolute Gasteiger partial charge is 0.492 e. The van der Waals surface area contributed by atoms with Crippen molar-refractivity contribution in [3.8, 4) is 17.0 Å². The number of H-pyrrole nitrogens is 1. The minimum absolute atomic E-state index is 0.0440. The van der Waals surface area contributed by atoms with Gasteiger partial charge in [-0.25, -0.2) is 8.42 Å². The van der Waals surface area contributed by atoms with Crippen molar-refractivity contribution >= 4 is 9.84 Å². The molecule has 0 unspecified atom stereocenters. The molecule has 0 radical (unpaired) electrons. The summed E-state index contributed by atoms with van der Waals surface area (Å²) in [5, 5.41) is 10.1. The van der Waals surface area contributed by atoms with E-state index in [9.17, 15) is 18.3 Å². The van der Waals surface area contributed by atoms with Crippen molar-refractivity contribution in [3.63, 3.8) is 0 Å². The Hall–Kier alpha value is -3.04. The van der Waals surface area contributed by atoms with Crippen LogP contribution >= 0.6 is 0 Å². The molecule has 0 bridgehead atoms. The van der Waals surface area contributed by atoms with Crippen LogP contribution in [-0.4, -0.2) is 34.6 Å². The Labute approximate surface area is 168 Å². The van der Waals surface area contributed by atoms with Gasteiger partial charge in [-0.15, -0.1) is 0 Å². The highest BCUT2D eigenvalue weighted by atomic mass is 32.2. The fourth-order valence-electron chi connectivity index (χ4n) is 2.77. The zero-order chi connectivity index (χ0) is 21.2. The van der Waals surface area contributed by atoms with Gasteiger partial charge in [0.15, 0.2) is 4.90 Å². The summed E-state index contributed by atoms with van der Waals surface area (Å²) < 4.78 is 31.1. The minimum Gasteiger partial charge on any atom is -0.492 e. The highest BCUT2D eigenvalue weighted by Crippen LogP contribution is 2.27. The number of aromatic hydroxyl groups is 1. The zero-order valence-electron chi connectivity index (χ0n) is 16.2. The Balaban J connectivity index is 1.97. The number of pyridine rings is 1. The van der Waals surface area contributed by atoms with Gasteiger partial charge >= 0.3 is 0 Å². The first kappa shape index (κ1) is 20.7. The highest BCUT2D eigenvalue weighted by molar-refractivity contribution is 7.91. The average Bonchev–Trinajstić information content (AvgIpc) is 2.66. The second kappa shape index (κ2) is 8.14. The third-order valence-electron chi connectivity index (χ3n) is 4.21. The Bertz CT molecular complexity index is 1190. The molecule has 2 heterocycles. The molecule has 0 aliphatic heterocycles. The second-order valence-corrected chi connectivity index (χ2v) is 8.58. The molecule has 1 aromatic carbocycles. The highest BCUT2D eigenvalue weighted by Gasteiger charge is 2.27. The van der Waals surface area contributed by atoms with Crippen LogP contribution in [0, 0.1) is 6.92 Å². The van der Waals surface area contributed by atoms with E-state index in [1.54, 1.807) is 38.2 Å². The van der Waals surface area contributed by atoms with E-state index in [2.05, 4.69) is 15.0 Å². The Morgan fingerprint density at radius 3 is 2.45 bits per heavy atom. The van der Waals surface area contributed by atoms with Gasteiger partial charge in [0.2, 0.25) is 15.7 Å². The Morgan fingerprint density at radius 1 is 1.17 bits per heavy atom. The average molecular weight is 415 g/mol. The van der Waals surface area contributed by atoms with Gasteiger partial charge < -0.3 is 14.8 Å². The van der Waals surface area contributed by atoms with Gasteiger partial charge in [0.25, 0.3) is 5.56 Å². The van der Waals surface area contributed by atoms with Gasteiger partial charge in [-0.05, 0) is 44.5 Å². The van der Waals surface area contributed by atoms with E-state index in [-0.39, 0.29) is 23.4 Å². The van der Waals surface area contributed by atoms with Crippen molar-refractivity contribution in [1.82, 2.24) is 15.0 Å². The van der Waals surface area contributed by atoms with Gasteiger partial charge in [0, 0.05) is 17.5 Å².